The highest BCUT2D eigenvalue weighted by Crippen LogP contribution is 2.35. The van der Waals surface area contributed by atoms with Crippen molar-refractivity contribution in [3.63, 3.8) is 0 Å². The molecule has 1 amide bonds. The molecule has 7 nitrogen and oxygen atoms in total. The number of hydrogen-bond donors (Lipinski definition) is 1. The first-order valence-electron chi connectivity index (χ1n) is 9.98. The molecule has 0 unspecified atom stereocenters. The van der Waals surface area contributed by atoms with Crippen LogP contribution in [0.25, 0.3) is 0 Å². The van der Waals surface area contributed by atoms with Gasteiger partial charge in [0.1, 0.15) is 5.02 Å². The molecule has 2 aromatic rings. The van der Waals surface area contributed by atoms with Gasteiger partial charge in [-0.15, -0.1) is 0 Å². The topological polar surface area (TPSA) is 78.7 Å². The van der Waals surface area contributed by atoms with Crippen LogP contribution in [0.4, 0.5) is 24.5 Å². The van der Waals surface area contributed by atoms with Gasteiger partial charge in [-0.05, 0) is 36.4 Å². The summed E-state index contributed by atoms with van der Waals surface area (Å²) in [5, 5.41) is 13.2. The number of rotatable bonds is 6. The molecule has 172 valence electrons. The number of amides is 1. The number of nitro benzene ring substituents is 1. The molecule has 0 spiro atoms. The molecule has 0 aromatic heterocycles. The Bertz CT molecular complexity index is 1010. The van der Waals surface area contributed by atoms with Crippen molar-refractivity contribution in [1.29, 1.82) is 0 Å². The van der Waals surface area contributed by atoms with E-state index >= 15 is 0 Å². The van der Waals surface area contributed by atoms with Crippen molar-refractivity contribution in [3.8, 4) is 0 Å². The number of likely N-dealkylation sites (N-methyl/N-ethyl adjacent to an activating group) is 1. The number of halogens is 4. The molecule has 0 bridgehead atoms. The van der Waals surface area contributed by atoms with Crippen LogP contribution in [-0.4, -0.2) is 53.4 Å². The van der Waals surface area contributed by atoms with Gasteiger partial charge in [-0.25, -0.2) is 0 Å². The summed E-state index contributed by atoms with van der Waals surface area (Å²) < 4.78 is 41.2. The van der Waals surface area contributed by atoms with Crippen molar-refractivity contribution < 1.29 is 22.9 Å². The Hall–Kier alpha value is -2.69. The number of nitrogens with one attached hydrogen (secondary N) is 1. The highest BCUT2D eigenvalue weighted by atomic mass is 35.5. The summed E-state index contributed by atoms with van der Waals surface area (Å²) in [7, 11) is 0. The van der Waals surface area contributed by atoms with Gasteiger partial charge >= 0.3 is 6.18 Å². The minimum atomic E-state index is -4.60. The smallest absolute Gasteiger partial charge is 0.322 e. The van der Waals surface area contributed by atoms with Gasteiger partial charge in [0.25, 0.3) is 11.6 Å². The highest BCUT2D eigenvalue weighted by Gasteiger charge is 2.34. The molecule has 2 aromatic carbocycles. The van der Waals surface area contributed by atoms with E-state index in [0.29, 0.717) is 13.1 Å². The lowest BCUT2D eigenvalue weighted by Gasteiger charge is -2.34. The summed E-state index contributed by atoms with van der Waals surface area (Å²) in [6.07, 6.45) is -4.60. The molecular weight excluding hydrogens is 449 g/mol. The van der Waals surface area contributed by atoms with E-state index in [9.17, 15) is 28.1 Å². The van der Waals surface area contributed by atoms with Crippen LogP contribution in [0.3, 0.4) is 0 Å². The first kappa shape index (κ1) is 24.0. The van der Waals surface area contributed by atoms with Crippen LogP contribution in [0.5, 0.6) is 0 Å². The van der Waals surface area contributed by atoms with Crippen LogP contribution in [-0.2, 0) is 12.7 Å². The van der Waals surface area contributed by atoms with Crippen molar-refractivity contribution in [3.05, 3.63) is 68.2 Å². The van der Waals surface area contributed by atoms with Crippen LogP contribution in [0.2, 0.25) is 5.02 Å². The third-order valence-corrected chi connectivity index (χ3v) is 5.70. The van der Waals surface area contributed by atoms with Gasteiger partial charge in [-0.1, -0.05) is 24.6 Å². The number of nitrogens with zero attached hydrogens (tertiary/aromatic N) is 3. The Morgan fingerprint density at radius 2 is 1.78 bits per heavy atom. The van der Waals surface area contributed by atoms with Crippen LogP contribution in [0.1, 0.15) is 28.4 Å². The summed E-state index contributed by atoms with van der Waals surface area (Å²) in [4.78, 5) is 26.9. The Labute approximate surface area is 187 Å². The Morgan fingerprint density at radius 1 is 1.12 bits per heavy atom. The monoisotopic (exact) mass is 470 g/mol. The van der Waals surface area contributed by atoms with E-state index < -0.39 is 28.3 Å². The second kappa shape index (κ2) is 9.85. The molecular formula is C21H22ClF3N4O3. The van der Waals surface area contributed by atoms with Crippen LogP contribution < -0.4 is 5.32 Å². The van der Waals surface area contributed by atoms with Crippen molar-refractivity contribution in [2.45, 2.75) is 19.6 Å². The van der Waals surface area contributed by atoms with Gasteiger partial charge < -0.3 is 10.2 Å². The number of carbonyl (C=O) groups excluding carboxylic acids is 1. The van der Waals surface area contributed by atoms with Gasteiger partial charge in [0, 0.05) is 50.0 Å². The first-order chi connectivity index (χ1) is 15.1. The number of piperazine rings is 1. The zero-order chi connectivity index (χ0) is 23.5. The fraction of sp³-hybridized carbons (Fsp3) is 0.381. The van der Waals surface area contributed by atoms with Crippen molar-refractivity contribution in [2.24, 2.45) is 0 Å². The highest BCUT2D eigenvalue weighted by molar-refractivity contribution is 6.32. The number of nitro groups is 1. The number of hydrogen-bond acceptors (Lipinski definition) is 5. The van der Waals surface area contributed by atoms with Gasteiger partial charge in [0.2, 0.25) is 0 Å². The van der Waals surface area contributed by atoms with Gasteiger partial charge in [0.15, 0.2) is 0 Å². The first-order valence-corrected chi connectivity index (χ1v) is 10.4. The zero-order valence-electron chi connectivity index (χ0n) is 17.3. The fourth-order valence-corrected chi connectivity index (χ4v) is 3.74. The fourth-order valence-electron chi connectivity index (χ4n) is 3.56. The summed E-state index contributed by atoms with van der Waals surface area (Å²) in [6.45, 7) is 6.08. The summed E-state index contributed by atoms with van der Waals surface area (Å²) in [5.74, 6) is -0.777. The van der Waals surface area contributed by atoms with Crippen LogP contribution in [0, 0.1) is 10.1 Å². The second-order valence-corrected chi connectivity index (χ2v) is 7.86. The van der Waals surface area contributed by atoms with Crippen LogP contribution >= 0.6 is 11.6 Å². The van der Waals surface area contributed by atoms with Gasteiger partial charge in [-0.2, -0.15) is 13.2 Å². The SMILES string of the molecule is CCN1CCN(Cc2ccc(NC(=O)c3ccc(Cl)c([N+](=O)[O-])c3)cc2C(F)(F)F)CC1. The van der Waals surface area contributed by atoms with E-state index in [1.807, 2.05) is 11.8 Å². The van der Waals surface area contributed by atoms with Crippen molar-refractivity contribution >= 4 is 28.9 Å². The number of benzene rings is 2. The predicted molar refractivity (Wildman–Crippen MR) is 115 cm³/mol. The maximum Gasteiger partial charge on any atom is 0.416 e. The molecule has 1 N–H and O–H groups in total. The van der Waals surface area contributed by atoms with E-state index in [-0.39, 0.29) is 28.4 Å². The Balaban J connectivity index is 1.79. The molecule has 1 fully saturated rings. The zero-order valence-corrected chi connectivity index (χ0v) is 18.0. The minimum Gasteiger partial charge on any atom is -0.322 e. The molecule has 1 saturated heterocycles. The Morgan fingerprint density at radius 3 is 2.38 bits per heavy atom. The third kappa shape index (κ3) is 5.76. The molecule has 1 heterocycles. The lowest BCUT2D eigenvalue weighted by molar-refractivity contribution is -0.384. The summed E-state index contributed by atoms with van der Waals surface area (Å²) >= 11 is 5.74. The van der Waals surface area contributed by atoms with Crippen LogP contribution in [0.15, 0.2) is 36.4 Å². The van der Waals surface area contributed by atoms with E-state index in [1.165, 1.54) is 24.3 Å². The predicted octanol–water partition coefficient (Wildman–Crippen LogP) is 4.66. The van der Waals surface area contributed by atoms with E-state index in [0.717, 1.165) is 31.8 Å². The Kier molecular flexibility index (Phi) is 7.37. The van der Waals surface area contributed by atoms with Gasteiger partial charge in [-0.3, -0.25) is 19.8 Å². The maximum absolute atomic E-state index is 13.7. The number of carbonyl (C=O) groups is 1. The molecule has 0 radical (unpaired) electrons. The van der Waals surface area contributed by atoms with E-state index in [1.54, 1.807) is 0 Å². The lowest BCUT2D eigenvalue weighted by Crippen LogP contribution is -2.45. The van der Waals surface area contributed by atoms with Crippen molar-refractivity contribution in [1.82, 2.24) is 9.80 Å². The van der Waals surface area contributed by atoms with Crippen molar-refractivity contribution in [2.75, 3.05) is 38.0 Å². The maximum atomic E-state index is 13.7. The molecule has 0 aliphatic carbocycles. The third-order valence-electron chi connectivity index (χ3n) is 5.38. The number of alkyl halides is 3. The van der Waals surface area contributed by atoms with E-state index in [2.05, 4.69) is 10.2 Å². The number of anilines is 1. The second-order valence-electron chi connectivity index (χ2n) is 7.46. The molecule has 11 heteroatoms. The van der Waals surface area contributed by atoms with E-state index in [4.69, 9.17) is 11.6 Å². The normalized spacial score (nSPS) is 15.5. The standard InChI is InChI=1S/C21H22ClF3N4O3/c1-2-27-7-9-28(10-8-27)13-15-3-5-16(12-17(15)21(23,24)25)26-20(30)14-4-6-18(22)19(11-14)29(31)32/h3-6,11-12H,2,7-10,13H2,1H3,(H,26,30). The molecule has 0 saturated carbocycles. The molecule has 3 rings (SSSR count). The minimum absolute atomic E-state index is 0.0560. The molecule has 0 atom stereocenters. The summed E-state index contributed by atoms with van der Waals surface area (Å²) in [5.41, 5.74) is -1.31. The average Bonchev–Trinajstić information content (AvgIpc) is 2.74. The lowest BCUT2D eigenvalue weighted by atomic mass is 10.0. The molecule has 32 heavy (non-hydrogen) atoms. The van der Waals surface area contributed by atoms with Gasteiger partial charge in [0.05, 0.1) is 10.5 Å². The summed E-state index contributed by atoms with van der Waals surface area (Å²) in [6, 6.07) is 7.08. The largest absolute Gasteiger partial charge is 0.416 e. The average molecular weight is 471 g/mol. The quantitative estimate of drug-likeness (QED) is 0.491. The molecule has 1 aliphatic rings. The molecule has 1 aliphatic heterocycles.